The second-order valence-electron chi connectivity index (χ2n) is 5.40. The first-order valence-electron chi connectivity index (χ1n) is 7.12. The molecule has 7 N–H and O–H groups in total. The number of carbonyl (C=O) groups is 4. The van der Waals surface area contributed by atoms with E-state index in [1.165, 1.54) is 13.8 Å². The van der Waals surface area contributed by atoms with Gasteiger partial charge in [-0.3, -0.25) is 29.9 Å². The van der Waals surface area contributed by atoms with Crippen LogP contribution in [0.5, 0.6) is 0 Å². The van der Waals surface area contributed by atoms with Gasteiger partial charge in [0.1, 0.15) is 6.04 Å². The largest absolute Gasteiger partial charge is 0.481 e. The maximum atomic E-state index is 11.9. The monoisotopic (exact) mass is 332 g/mol. The van der Waals surface area contributed by atoms with Crippen molar-refractivity contribution in [3.63, 3.8) is 0 Å². The summed E-state index contributed by atoms with van der Waals surface area (Å²) in [7, 11) is 0. The summed E-state index contributed by atoms with van der Waals surface area (Å²) in [6.07, 6.45) is 1.39. The van der Waals surface area contributed by atoms with E-state index in [1.807, 2.05) is 0 Å². The highest BCUT2D eigenvalue weighted by Crippen LogP contribution is 2.10. The minimum absolute atomic E-state index is 0.00464. The molecule has 10 nitrogen and oxygen atoms in total. The fourth-order valence-electron chi connectivity index (χ4n) is 1.62. The number of aliphatic carboxylic acids is 2. The van der Waals surface area contributed by atoms with Gasteiger partial charge in [-0.05, 0) is 26.7 Å². The summed E-state index contributed by atoms with van der Waals surface area (Å²) < 4.78 is 0. The predicted octanol–water partition coefficient (Wildman–Crippen LogP) is -1.01. The van der Waals surface area contributed by atoms with Gasteiger partial charge in [-0.25, -0.2) is 5.84 Å². The number of nitrogens with one attached hydrogen (secondary N) is 1. The first-order valence-corrected chi connectivity index (χ1v) is 7.12. The zero-order valence-corrected chi connectivity index (χ0v) is 13.2. The molecular formula is C13H24N4O6. The summed E-state index contributed by atoms with van der Waals surface area (Å²) in [5.74, 6) is 1.92. The summed E-state index contributed by atoms with van der Waals surface area (Å²) in [5, 5.41) is 19.9. The number of amides is 2. The zero-order valence-electron chi connectivity index (χ0n) is 13.2. The number of nitrogens with zero attached hydrogens (tertiary/aromatic N) is 1. The fraction of sp³-hybridized carbons (Fsp3) is 0.692. The number of carboxylic acids is 2. The smallest absolute Gasteiger partial charge is 0.325 e. The van der Waals surface area contributed by atoms with Crippen LogP contribution in [0.3, 0.4) is 0 Å². The third kappa shape index (κ3) is 7.06. The van der Waals surface area contributed by atoms with Crippen molar-refractivity contribution >= 4 is 23.8 Å². The molecule has 132 valence electrons. The summed E-state index contributed by atoms with van der Waals surface area (Å²) >= 11 is 0. The van der Waals surface area contributed by atoms with E-state index >= 15 is 0 Å². The third-order valence-corrected chi connectivity index (χ3v) is 3.23. The lowest BCUT2D eigenvalue weighted by Crippen LogP contribution is -2.68. The van der Waals surface area contributed by atoms with Crippen LogP contribution in [0.25, 0.3) is 0 Å². The number of hydrogen-bond acceptors (Lipinski definition) is 6. The highest BCUT2D eigenvalue weighted by Gasteiger charge is 2.38. The molecular weight excluding hydrogens is 308 g/mol. The molecule has 0 bridgehead atoms. The molecule has 10 heteroatoms. The minimum Gasteiger partial charge on any atom is -0.481 e. The summed E-state index contributed by atoms with van der Waals surface area (Å²) in [6.45, 7) is 2.45. The Labute approximate surface area is 133 Å². The van der Waals surface area contributed by atoms with E-state index in [0.717, 1.165) is 0 Å². The molecule has 0 saturated heterocycles. The highest BCUT2D eigenvalue weighted by atomic mass is 16.4. The van der Waals surface area contributed by atoms with Crippen molar-refractivity contribution in [1.82, 2.24) is 10.3 Å². The van der Waals surface area contributed by atoms with Gasteiger partial charge in [0.25, 0.3) is 5.91 Å². The van der Waals surface area contributed by atoms with Crippen LogP contribution in [0, 0.1) is 0 Å². The molecule has 0 heterocycles. The van der Waals surface area contributed by atoms with Crippen LogP contribution in [0.1, 0.15) is 46.0 Å². The first-order chi connectivity index (χ1) is 10.5. The number of hydrogen-bond donors (Lipinski definition) is 5. The van der Waals surface area contributed by atoms with Crippen molar-refractivity contribution in [1.29, 1.82) is 0 Å². The molecule has 0 unspecified atom stereocenters. The van der Waals surface area contributed by atoms with E-state index in [9.17, 15) is 19.2 Å². The molecule has 0 rings (SSSR count). The van der Waals surface area contributed by atoms with Gasteiger partial charge in [-0.15, -0.1) is 0 Å². The van der Waals surface area contributed by atoms with Crippen LogP contribution in [-0.4, -0.2) is 50.7 Å². The highest BCUT2D eigenvalue weighted by molar-refractivity contribution is 5.92. The standard InChI is InChI=1S/C13H24N4O6/c1-8(11(21)22)16-12(23)13(2,14)17(15)9(18)6-4-3-5-7-10(19)20/h8H,3-7,14-15H2,1-2H3,(H,16,23)(H,19,20)(H,21,22)/t8-,13-/m1/s1. The molecule has 0 fully saturated rings. The maximum absolute atomic E-state index is 11.9. The molecule has 0 spiro atoms. The lowest BCUT2D eigenvalue weighted by atomic mass is 10.1. The van der Waals surface area contributed by atoms with Gasteiger partial charge < -0.3 is 15.5 Å². The van der Waals surface area contributed by atoms with E-state index < -0.39 is 35.5 Å². The average molecular weight is 332 g/mol. The van der Waals surface area contributed by atoms with Gasteiger partial charge in [0, 0.05) is 12.8 Å². The van der Waals surface area contributed by atoms with Crippen LogP contribution in [-0.2, 0) is 19.2 Å². The SMILES string of the molecule is C[C@@H](NC(=O)[C@](C)(N)N(N)C(=O)CCCCCC(=O)O)C(=O)O. The number of carbonyl (C=O) groups excluding carboxylic acids is 2. The molecule has 0 aliphatic carbocycles. The normalized spacial score (nSPS) is 14.4. The van der Waals surface area contributed by atoms with E-state index in [4.69, 9.17) is 21.8 Å². The summed E-state index contributed by atoms with van der Waals surface area (Å²) in [4.78, 5) is 44.9. The Bertz CT molecular complexity index is 465. The first kappa shape index (κ1) is 20.8. The van der Waals surface area contributed by atoms with Crippen molar-refractivity contribution < 1.29 is 29.4 Å². The van der Waals surface area contributed by atoms with Gasteiger partial charge in [0.05, 0.1) is 0 Å². The number of nitrogens with two attached hydrogens (primary N) is 2. The second-order valence-corrected chi connectivity index (χ2v) is 5.40. The van der Waals surface area contributed by atoms with Crippen LogP contribution in [0.2, 0.25) is 0 Å². The Balaban J connectivity index is 4.45. The molecule has 2 amide bonds. The van der Waals surface area contributed by atoms with Crippen LogP contribution in [0.4, 0.5) is 0 Å². The van der Waals surface area contributed by atoms with Gasteiger partial charge in [-0.2, -0.15) is 0 Å². The minimum atomic E-state index is -1.90. The molecule has 23 heavy (non-hydrogen) atoms. The fourth-order valence-corrected chi connectivity index (χ4v) is 1.62. The third-order valence-electron chi connectivity index (χ3n) is 3.23. The molecule has 0 radical (unpaired) electrons. The van der Waals surface area contributed by atoms with E-state index in [1.54, 1.807) is 0 Å². The quantitative estimate of drug-likeness (QED) is 0.111. The topological polar surface area (TPSA) is 176 Å². The predicted molar refractivity (Wildman–Crippen MR) is 79.6 cm³/mol. The Morgan fingerprint density at radius 3 is 2.13 bits per heavy atom. The van der Waals surface area contributed by atoms with E-state index in [0.29, 0.717) is 24.3 Å². The Morgan fingerprint density at radius 2 is 1.65 bits per heavy atom. The Kier molecular flexibility index (Phi) is 8.19. The summed E-state index contributed by atoms with van der Waals surface area (Å²) in [6, 6.07) is -1.18. The number of carboxylic acid groups (broad SMARTS) is 2. The molecule has 0 aliphatic heterocycles. The zero-order chi connectivity index (χ0) is 18.2. The van der Waals surface area contributed by atoms with Crippen molar-refractivity contribution in [3.8, 4) is 0 Å². The maximum Gasteiger partial charge on any atom is 0.325 e. The van der Waals surface area contributed by atoms with Crippen molar-refractivity contribution in [2.45, 2.75) is 57.7 Å². The van der Waals surface area contributed by atoms with Gasteiger partial charge in [-0.1, -0.05) is 6.42 Å². The van der Waals surface area contributed by atoms with Crippen molar-refractivity contribution in [2.24, 2.45) is 11.6 Å². The van der Waals surface area contributed by atoms with Crippen LogP contribution < -0.4 is 16.9 Å². The van der Waals surface area contributed by atoms with Gasteiger partial charge in [0.2, 0.25) is 5.91 Å². The molecule has 0 aromatic rings. The van der Waals surface area contributed by atoms with Gasteiger partial charge >= 0.3 is 11.9 Å². The Hall–Kier alpha value is -2.20. The molecule has 2 atom stereocenters. The molecule has 0 aromatic carbocycles. The summed E-state index contributed by atoms with van der Waals surface area (Å²) in [5.41, 5.74) is 3.82. The molecule has 0 aliphatic rings. The van der Waals surface area contributed by atoms with Gasteiger partial charge in [0.15, 0.2) is 5.66 Å². The van der Waals surface area contributed by atoms with Crippen molar-refractivity contribution in [3.05, 3.63) is 0 Å². The van der Waals surface area contributed by atoms with Crippen molar-refractivity contribution in [2.75, 3.05) is 0 Å². The van der Waals surface area contributed by atoms with E-state index in [-0.39, 0.29) is 12.8 Å². The van der Waals surface area contributed by atoms with E-state index in [2.05, 4.69) is 5.32 Å². The lowest BCUT2D eigenvalue weighted by molar-refractivity contribution is -0.149. The second kappa shape index (κ2) is 9.06. The van der Waals surface area contributed by atoms with Crippen LogP contribution >= 0.6 is 0 Å². The number of unbranched alkanes of at least 4 members (excludes halogenated alkanes) is 2. The average Bonchev–Trinajstić information content (AvgIpc) is 2.44. The molecule has 0 saturated carbocycles. The molecule has 0 aromatic heterocycles. The Morgan fingerprint density at radius 1 is 1.13 bits per heavy atom. The number of hydrazine groups is 1. The number of rotatable bonds is 10. The van der Waals surface area contributed by atoms with Crippen LogP contribution in [0.15, 0.2) is 0 Å². The lowest BCUT2D eigenvalue weighted by Gasteiger charge is -2.33.